The third-order valence-corrected chi connectivity index (χ3v) is 5.60. The molecule has 1 aromatic heterocycles. The molecule has 20 heavy (non-hydrogen) atoms. The van der Waals surface area contributed by atoms with Crippen molar-refractivity contribution in [3.05, 3.63) is 30.5 Å². The van der Waals surface area contributed by atoms with Crippen LogP contribution in [-0.4, -0.2) is 30.6 Å². The van der Waals surface area contributed by atoms with Crippen molar-refractivity contribution >= 4 is 20.7 Å². The molecule has 0 spiro atoms. The lowest BCUT2D eigenvalue weighted by molar-refractivity contribution is 0.344. The summed E-state index contributed by atoms with van der Waals surface area (Å²) in [6, 6.07) is 7.82. The van der Waals surface area contributed by atoms with Crippen LogP contribution in [0.2, 0.25) is 0 Å². The molecule has 1 aromatic carbocycles. The first kappa shape index (κ1) is 14.9. The molecule has 2 rings (SSSR count). The fraction of sp³-hybridized carbons (Fsp3) is 0.467. The zero-order valence-corrected chi connectivity index (χ0v) is 13.0. The van der Waals surface area contributed by atoms with E-state index in [1.54, 1.807) is 13.8 Å². The number of hydrogen-bond donors (Lipinski definition) is 0. The Labute approximate surface area is 120 Å². The maximum Gasteiger partial charge on any atom is 0.154 e. The maximum absolute atomic E-state index is 11.9. The van der Waals surface area contributed by atoms with Crippen molar-refractivity contribution in [2.24, 2.45) is 0 Å². The molecule has 1 heterocycles. The first-order chi connectivity index (χ1) is 9.45. The van der Waals surface area contributed by atoms with Crippen LogP contribution < -0.4 is 4.74 Å². The number of nitrogens with zero attached hydrogens (tertiary/aromatic N) is 1. The molecule has 0 radical (unpaired) electrons. The summed E-state index contributed by atoms with van der Waals surface area (Å²) in [6.07, 6.45) is 1.92. The van der Waals surface area contributed by atoms with Gasteiger partial charge in [0.2, 0.25) is 0 Å². The Hall–Kier alpha value is -1.49. The van der Waals surface area contributed by atoms with Gasteiger partial charge in [-0.05, 0) is 39.0 Å². The van der Waals surface area contributed by atoms with Crippen molar-refractivity contribution in [1.82, 2.24) is 4.57 Å². The normalized spacial score (nSPS) is 12.2. The van der Waals surface area contributed by atoms with Crippen LogP contribution in [0.1, 0.15) is 20.8 Å². The van der Waals surface area contributed by atoms with Crippen LogP contribution in [-0.2, 0) is 16.4 Å². The minimum atomic E-state index is -3.02. The minimum absolute atomic E-state index is 0.160. The largest absolute Gasteiger partial charge is 0.493 e. The molecule has 0 aliphatic rings. The van der Waals surface area contributed by atoms with Crippen molar-refractivity contribution < 1.29 is 13.2 Å². The van der Waals surface area contributed by atoms with Crippen LogP contribution in [0.15, 0.2) is 30.5 Å². The zero-order valence-electron chi connectivity index (χ0n) is 12.2. The van der Waals surface area contributed by atoms with E-state index in [1.807, 2.05) is 42.0 Å². The minimum Gasteiger partial charge on any atom is -0.493 e. The summed E-state index contributed by atoms with van der Waals surface area (Å²) in [5.74, 6) is 1.00. The predicted octanol–water partition coefficient (Wildman–Crippen LogP) is 2.86. The van der Waals surface area contributed by atoms with Gasteiger partial charge in [0, 0.05) is 18.1 Å². The van der Waals surface area contributed by atoms with E-state index in [1.165, 1.54) is 0 Å². The van der Waals surface area contributed by atoms with Crippen LogP contribution >= 0.6 is 0 Å². The molecule has 0 unspecified atom stereocenters. The van der Waals surface area contributed by atoms with Gasteiger partial charge in [-0.25, -0.2) is 8.42 Å². The second-order valence-corrected chi connectivity index (χ2v) is 7.72. The summed E-state index contributed by atoms with van der Waals surface area (Å²) in [4.78, 5) is 0. The topological polar surface area (TPSA) is 48.3 Å². The number of aromatic nitrogens is 1. The highest BCUT2D eigenvalue weighted by Crippen LogP contribution is 2.26. The monoisotopic (exact) mass is 295 g/mol. The summed E-state index contributed by atoms with van der Waals surface area (Å²) < 4.78 is 31.3. The number of aryl methyl sites for hydroxylation is 1. The first-order valence-electron chi connectivity index (χ1n) is 6.88. The van der Waals surface area contributed by atoms with E-state index in [4.69, 9.17) is 4.74 Å². The van der Waals surface area contributed by atoms with Gasteiger partial charge < -0.3 is 9.30 Å². The summed E-state index contributed by atoms with van der Waals surface area (Å²) in [5, 5.41) is 0.694. The average Bonchev–Trinajstić information content (AvgIpc) is 2.81. The fourth-order valence-corrected chi connectivity index (χ4v) is 3.06. The lowest BCUT2D eigenvalue weighted by Gasteiger charge is -2.10. The standard InChI is InChI=1S/C15H21NO3S/c1-4-19-15-7-5-6-14-13(15)8-9-16(14)10-11-20(17,18)12(2)3/h5-9,12H,4,10-11H2,1-3H3. The van der Waals surface area contributed by atoms with Crippen molar-refractivity contribution in [3.8, 4) is 5.75 Å². The smallest absolute Gasteiger partial charge is 0.154 e. The van der Waals surface area contributed by atoms with Gasteiger partial charge in [-0.2, -0.15) is 0 Å². The SMILES string of the molecule is CCOc1cccc2c1ccn2CCS(=O)(=O)C(C)C. The Morgan fingerprint density at radius 3 is 2.65 bits per heavy atom. The highest BCUT2D eigenvalue weighted by molar-refractivity contribution is 7.91. The number of sulfone groups is 1. The highest BCUT2D eigenvalue weighted by Gasteiger charge is 2.16. The van der Waals surface area contributed by atoms with Gasteiger partial charge in [0.05, 0.1) is 23.1 Å². The van der Waals surface area contributed by atoms with Gasteiger partial charge >= 0.3 is 0 Å². The molecule has 0 saturated heterocycles. The van der Waals surface area contributed by atoms with E-state index in [0.29, 0.717) is 13.2 Å². The summed E-state index contributed by atoms with van der Waals surface area (Å²) in [7, 11) is -3.02. The van der Waals surface area contributed by atoms with E-state index in [0.717, 1.165) is 16.7 Å². The van der Waals surface area contributed by atoms with Crippen LogP contribution in [0.3, 0.4) is 0 Å². The van der Waals surface area contributed by atoms with Crippen LogP contribution in [0.4, 0.5) is 0 Å². The van der Waals surface area contributed by atoms with Crippen molar-refractivity contribution in [2.45, 2.75) is 32.6 Å². The fourth-order valence-electron chi connectivity index (χ4n) is 2.13. The molecular formula is C15H21NO3S. The van der Waals surface area contributed by atoms with Gasteiger partial charge in [0.25, 0.3) is 0 Å². The maximum atomic E-state index is 11.9. The van der Waals surface area contributed by atoms with Gasteiger partial charge in [-0.15, -0.1) is 0 Å². The molecule has 0 N–H and O–H groups in total. The Morgan fingerprint density at radius 2 is 2.00 bits per heavy atom. The number of ether oxygens (including phenoxy) is 1. The average molecular weight is 295 g/mol. The Balaban J connectivity index is 2.26. The lowest BCUT2D eigenvalue weighted by atomic mass is 10.2. The van der Waals surface area contributed by atoms with Gasteiger partial charge in [0.1, 0.15) is 5.75 Å². The van der Waals surface area contributed by atoms with E-state index in [9.17, 15) is 8.42 Å². The highest BCUT2D eigenvalue weighted by atomic mass is 32.2. The summed E-state index contributed by atoms with van der Waals surface area (Å²) >= 11 is 0. The third-order valence-electron chi connectivity index (χ3n) is 3.41. The quantitative estimate of drug-likeness (QED) is 0.823. The van der Waals surface area contributed by atoms with Crippen molar-refractivity contribution in [1.29, 1.82) is 0 Å². The lowest BCUT2D eigenvalue weighted by Crippen LogP contribution is -2.20. The van der Waals surface area contributed by atoms with Crippen molar-refractivity contribution in [3.63, 3.8) is 0 Å². The number of hydrogen-bond acceptors (Lipinski definition) is 3. The number of fused-ring (bicyclic) bond motifs is 1. The summed E-state index contributed by atoms with van der Waals surface area (Å²) in [6.45, 7) is 6.48. The zero-order chi connectivity index (χ0) is 14.8. The van der Waals surface area contributed by atoms with Crippen molar-refractivity contribution in [2.75, 3.05) is 12.4 Å². The molecule has 0 amide bonds. The molecule has 2 aromatic rings. The van der Waals surface area contributed by atoms with Gasteiger partial charge in [-0.1, -0.05) is 6.07 Å². The van der Waals surface area contributed by atoms with E-state index in [-0.39, 0.29) is 11.0 Å². The Morgan fingerprint density at radius 1 is 1.25 bits per heavy atom. The molecule has 5 heteroatoms. The van der Waals surface area contributed by atoms with E-state index in [2.05, 4.69) is 0 Å². The molecule has 0 aliphatic carbocycles. The molecular weight excluding hydrogens is 274 g/mol. The predicted molar refractivity (Wildman–Crippen MR) is 82.0 cm³/mol. The molecule has 0 bridgehead atoms. The van der Waals surface area contributed by atoms with Crippen LogP contribution in [0.5, 0.6) is 5.75 Å². The Bertz CT molecular complexity index is 686. The Kier molecular flexibility index (Phi) is 4.38. The second kappa shape index (κ2) is 5.87. The number of rotatable bonds is 6. The molecule has 0 fully saturated rings. The summed E-state index contributed by atoms with van der Waals surface area (Å²) in [5.41, 5.74) is 1.01. The molecule has 110 valence electrons. The van der Waals surface area contributed by atoms with Gasteiger partial charge in [-0.3, -0.25) is 0 Å². The molecule has 0 saturated carbocycles. The van der Waals surface area contributed by atoms with E-state index >= 15 is 0 Å². The molecule has 0 atom stereocenters. The molecule has 4 nitrogen and oxygen atoms in total. The second-order valence-electron chi connectivity index (χ2n) is 5.05. The van der Waals surface area contributed by atoms with Crippen LogP contribution in [0, 0.1) is 0 Å². The first-order valence-corrected chi connectivity index (χ1v) is 8.59. The number of benzene rings is 1. The van der Waals surface area contributed by atoms with Crippen LogP contribution in [0.25, 0.3) is 10.9 Å². The van der Waals surface area contributed by atoms with E-state index < -0.39 is 9.84 Å². The molecule has 0 aliphatic heterocycles. The van der Waals surface area contributed by atoms with Gasteiger partial charge in [0.15, 0.2) is 9.84 Å². The third kappa shape index (κ3) is 2.98.